The molecule has 5 nitrogen and oxygen atoms in total. The van der Waals surface area contributed by atoms with Gasteiger partial charge in [0.1, 0.15) is 0 Å². The highest BCUT2D eigenvalue weighted by molar-refractivity contribution is 7.88. The van der Waals surface area contributed by atoms with Crippen molar-refractivity contribution in [3.8, 4) is 0 Å². The van der Waals surface area contributed by atoms with Crippen molar-refractivity contribution in [2.24, 2.45) is 0 Å². The first-order chi connectivity index (χ1) is 10.5. The average molecular weight is 339 g/mol. The molecule has 120 valence electrons. The highest BCUT2D eigenvalue weighted by Crippen LogP contribution is 2.17. The first-order valence-corrected chi connectivity index (χ1v) is 10.1. The Labute approximate surface area is 135 Å². The van der Waals surface area contributed by atoms with E-state index in [0.29, 0.717) is 0 Å². The SMILES string of the molecule is CS(=O)(=O)N[C@@H]1CCN(Cc2cccn2Cc2cccs2)C1. The van der Waals surface area contributed by atoms with Crippen molar-refractivity contribution < 1.29 is 8.42 Å². The van der Waals surface area contributed by atoms with Gasteiger partial charge in [0.15, 0.2) is 0 Å². The predicted molar refractivity (Wildman–Crippen MR) is 89.5 cm³/mol. The van der Waals surface area contributed by atoms with E-state index >= 15 is 0 Å². The van der Waals surface area contributed by atoms with E-state index in [1.807, 2.05) is 0 Å². The smallest absolute Gasteiger partial charge is 0.208 e. The molecule has 0 bridgehead atoms. The molecule has 1 fully saturated rings. The molecule has 1 aliphatic rings. The van der Waals surface area contributed by atoms with E-state index in [1.54, 1.807) is 11.3 Å². The van der Waals surface area contributed by atoms with Gasteiger partial charge in [-0.3, -0.25) is 4.90 Å². The lowest BCUT2D eigenvalue weighted by Crippen LogP contribution is -2.36. The van der Waals surface area contributed by atoms with Gasteiger partial charge < -0.3 is 4.57 Å². The van der Waals surface area contributed by atoms with E-state index < -0.39 is 10.0 Å². The van der Waals surface area contributed by atoms with Gasteiger partial charge in [0.2, 0.25) is 10.0 Å². The molecule has 0 amide bonds. The standard InChI is InChI=1S/C15H21N3O2S2/c1-22(19,20)16-13-6-8-17(10-13)11-14-4-2-7-18(14)12-15-5-3-9-21-15/h2-5,7,9,13,16H,6,8,10-12H2,1H3/t13-/m1/s1. The van der Waals surface area contributed by atoms with Crippen LogP contribution in [0.5, 0.6) is 0 Å². The van der Waals surface area contributed by atoms with E-state index in [-0.39, 0.29) is 6.04 Å². The number of aromatic nitrogens is 1. The van der Waals surface area contributed by atoms with Crippen molar-refractivity contribution in [2.45, 2.75) is 25.6 Å². The van der Waals surface area contributed by atoms with Gasteiger partial charge in [0.25, 0.3) is 0 Å². The monoisotopic (exact) mass is 339 g/mol. The number of rotatable bonds is 6. The number of nitrogens with zero attached hydrogens (tertiary/aromatic N) is 2. The minimum absolute atomic E-state index is 0.0377. The van der Waals surface area contributed by atoms with Gasteiger partial charge in [0, 0.05) is 42.4 Å². The molecule has 1 aliphatic heterocycles. The summed E-state index contributed by atoms with van der Waals surface area (Å²) in [6.45, 7) is 3.47. The molecule has 1 saturated heterocycles. The van der Waals surface area contributed by atoms with Crippen LogP contribution in [0.3, 0.4) is 0 Å². The van der Waals surface area contributed by atoms with Gasteiger partial charge in [-0.05, 0) is 30.0 Å². The molecule has 1 N–H and O–H groups in total. The maximum absolute atomic E-state index is 11.3. The van der Waals surface area contributed by atoms with Crippen LogP contribution in [0.1, 0.15) is 17.0 Å². The third kappa shape index (κ3) is 4.19. The summed E-state index contributed by atoms with van der Waals surface area (Å²) in [5.74, 6) is 0. The predicted octanol–water partition coefficient (Wildman–Crippen LogP) is 1.72. The first kappa shape index (κ1) is 15.7. The van der Waals surface area contributed by atoms with Gasteiger partial charge in [0.05, 0.1) is 12.8 Å². The molecule has 0 unspecified atom stereocenters. The van der Waals surface area contributed by atoms with Crippen LogP contribution in [-0.2, 0) is 23.1 Å². The van der Waals surface area contributed by atoms with Crippen LogP contribution >= 0.6 is 11.3 Å². The second-order valence-electron chi connectivity index (χ2n) is 5.82. The minimum Gasteiger partial charge on any atom is -0.345 e. The third-order valence-electron chi connectivity index (χ3n) is 3.87. The Morgan fingerprint density at radius 1 is 1.32 bits per heavy atom. The minimum atomic E-state index is -3.12. The quantitative estimate of drug-likeness (QED) is 0.872. The lowest BCUT2D eigenvalue weighted by atomic mass is 10.3. The van der Waals surface area contributed by atoms with Crippen LogP contribution in [0.25, 0.3) is 0 Å². The molecule has 2 aromatic heterocycles. The molecule has 0 radical (unpaired) electrons. The topological polar surface area (TPSA) is 54.3 Å². The highest BCUT2D eigenvalue weighted by atomic mass is 32.2. The molecule has 0 aromatic carbocycles. The number of hydrogen-bond acceptors (Lipinski definition) is 4. The zero-order valence-corrected chi connectivity index (χ0v) is 14.2. The molecular formula is C15H21N3O2S2. The molecule has 3 heterocycles. The van der Waals surface area contributed by atoms with Crippen LogP contribution in [0.2, 0.25) is 0 Å². The Morgan fingerprint density at radius 2 is 2.18 bits per heavy atom. The molecule has 22 heavy (non-hydrogen) atoms. The number of sulfonamides is 1. The third-order valence-corrected chi connectivity index (χ3v) is 5.49. The summed E-state index contributed by atoms with van der Waals surface area (Å²) in [5.41, 5.74) is 1.27. The fraction of sp³-hybridized carbons (Fsp3) is 0.467. The zero-order valence-electron chi connectivity index (χ0n) is 12.6. The van der Waals surface area contributed by atoms with Crippen molar-refractivity contribution in [1.82, 2.24) is 14.2 Å². The van der Waals surface area contributed by atoms with E-state index in [2.05, 4.69) is 50.0 Å². The Balaban J connectivity index is 1.59. The lowest BCUT2D eigenvalue weighted by molar-refractivity contribution is 0.316. The number of nitrogens with one attached hydrogen (secondary N) is 1. The average Bonchev–Trinajstić information content (AvgIpc) is 3.13. The van der Waals surface area contributed by atoms with Crippen molar-refractivity contribution in [1.29, 1.82) is 0 Å². The summed E-state index contributed by atoms with van der Waals surface area (Å²) >= 11 is 1.77. The van der Waals surface area contributed by atoms with E-state index in [9.17, 15) is 8.42 Å². The van der Waals surface area contributed by atoms with Crippen molar-refractivity contribution in [2.75, 3.05) is 19.3 Å². The number of thiophene rings is 1. The second kappa shape index (κ2) is 6.54. The van der Waals surface area contributed by atoms with Crippen LogP contribution in [0, 0.1) is 0 Å². The van der Waals surface area contributed by atoms with Crippen LogP contribution in [0.15, 0.2) is 35.8 Å². The summed E-state index contributed by atoms with van der Waals surface area (Å²) in [4.78, 5) is 3.65. The second-order valence-corrected chi connectivity index (χ2v) is 8.63. The molecule has 2 aromatic rings. The van der Waals surface area contributed by atoms with Gasteiger partial charge in [-0.1, -0.05) is 6.07 Å². The molecule has 1 atom stereocenters. The van der Waals surface area contributed by atoms with Crippen LogP contribution in [-0.4, -0.2) is 43.3 Å². The largest absolute Gasteiger partial charge is 0.345 e. The van der Waals surface area contributed by atoms with E-state index in [4.69, 9.17) is 0 Å². The molecular weight excluding hydrogens is 318 g/mol. The Morgan fingerprint density at radius 3 is 2.91 bits per heavy atom. The molecule has 7 heteroatoms. The van der Waals surface area contributed by atoms with Crippen molar-refractivity contribution in [3.05, 3.63) is 46.4 Å². The summed E-state index contributed by atoms with van der Waals surface area (Å²) in [6.07, 6.45) is 4.21. The van der Waals surface area contributed by atoms with Gasteiger partial charge >= 0.3 is 0 Å². The van der Waals surface area contributed by atoms with Crippen LogP contribution < -0.4 is 4.72 Å². The Bertz CT molecular complexity index is 707. The summed E-state index contributed by atoms with van der Waals surface area (Å²) in [7, 11) is -3.12. The van der Waals surface area contributed by atoms with Gasteiger partial charge in [-0.25, -0.2) is 13.1 Å². The Hall–Kier alpha value is -1.15. The zero-order chi connectivity index (χ0) is 15.6. The summed E-state index contributed by atoms with van der Waals surface area (Å²) in [6, 6.07) is 8.48. The van der Waals surface area contributed by atoms with Crippen molar-refractivity contribution in [3.63, 3.8) is 0 Å². The molecule has 0 saturated carbocycles. The number of likely N-dealkylation sites (tertiary alicyclic amines) is 1. The maximum Gasteiger partial charge on any atom is 0.208 e. The Kier molecular flexibility index (Phi) is 4.67. The molecule has 3 rings (SSSR count). The maximum atomic E-state index is 11.3. The van der Waals surface area contributed by atoms with Gasteiger partial charge in [-0.15, -0.1) is 11.3 Å². The summed E-state index contributed by atoms with van der Waals surface area (Å²) < 4.78 is 27.6. The molecule has 0 aliphatic carbocycles. The van der Waals surface area contributed by atoms with E-state index in [0.717, 1.165) is 32.6 Å². The van der Waals surface area contributed by atoms with Crippen molar-refractivity contribution >= 4 is 21.4 Å². The first-order valence-electron chi connectivity index (χ1n) is 7.36. The van der Waals surface area contributed by atoms with Gasteiger partial charge in [-0.2, -0.15) is 0 Å². The van der Waals surface area contributed by atoms with E-state index in [1.165, 1.54) is 16.8 Å². The number of hydrogen-bond donors (Lipinski definition) is 1. The molecule has 0 spiro atoms. The highest BCUT2D eigenvalue weighted by Gasteiger charge is 2.25. The normalized spacial score (nSPS) is 19.8. The lowest BCUT2D eigenvalue weighted by Gasteiger charge is -2.17. The summed E-state index contributed by atoms with van der Waals surface area (Å²) in [5, 5.41) is 2.10. The fourth-order valence-corrected chi connectivity index (χ4v) is 4.42. The van der Waals surface area contributed by atoms with Crippen LogP contribution in [0.4, 0.5) is 0 Å². The fourth-order valence-electron chi connectivity index (χ4n) is 2.92.